The minimum atomic E-state index is -3.79. The maximum Gasteiger partial charge on any atom is 0.246 e. The van der Waals surface area contributed by atoms with E-state index >= 15 is 0 Å². The Hall–Kier alpha value is -1.02. The standard InChI is InChI=1S/C14H22FN3O2S/c1-17(2)12-4-3-7-18(10-12)21(19,20)14-6-5-11(9-16)8-13(14)15/h5-6,8,12H,3-4,7,9-10,16H2,1-2H3. The highest BCUT2D eigenvalue weighted by atomic mass is 32.2. The van der Waals surface area contributed by atoms with Crippen LogP contribution in [-0.4, -0.2) is 50.8 Å². The number of hydrogen-bond donors (Lipinski definition) is 1. The van der Waals surface area contributed by atoms with Gasteiger partial charge in [-0.15, -0.1) is 0 Å². The van der Waals surface area contributed by atoms with Crippen LogP contribution in [0, 0.1) is 5.82 Å². The van der Waals surface area contributed by atoms with Gasteiger partial charge in [0.15, 0.2) is 0 Å². The molecule has 0 aromatic heterocycles. The number of halogens is 1. The van der Waals surface area contributed by atoms with Gasteiger partial charge in [-0.1, -0.05) is 6.07 Å². The summed E-state index contributed by atoms with van der Waals surface area (Å²) in [6.45, 7) is 1.02. The highest BCUT2D eigenvalue weighted by Crippen LogP contribution is 2.24. The van der Waals surface area contributed by atoms with Crippen LogP contribution in [0.2, 0.25) is 0 Å². The lowest BCUT2D eigenvalue weighted by Gasteiger charge is -2.35. The average molecular weight is 315 g/mol. The van der Waals surface area contributed by atoms with Crippen molar-refractivity contribution in [2.24, 2.45) is 5.73 Å². The fourth-order valence-electron chi connectivity index (χ4n) is 2.58. The monoisotopic (exact) mass is 315 g/mol. The molecule has 1 heterocycles. The molecule has 1 fully saturated rings. The largest absolute Gasteiger partial charge is 0.326 e. The summed E-state index contributed by atoms with van der Waals surface area (Å²) in [6.07, 6.45) is 1.73. The van der Waals surface area contributed by atoms with Gasteiger partial charge >= 0.3 is 0 Å². The molecule has 2 rings (SSSR count). The van der Waals surface area contributed by atoms with Crippen LogP contribution in [0.5, 0.6) is 0 Å². The van der Waals surface area contributed by atoms with E-state index in [1.807, 2.05) is 19.0 Å². The number of sulfonamides is 1. The van der Waals surface area contributed by atoms with Crippen molar-refractivity contribution >= 4 is 10.0 Å². The van der Waals surface area contributed by atoms with Gasteiger partial charge in [0.05, 0.1) is 0 Å². The lowest BCUT2D eigenvalue weighted by molar-refractivity contribution is 0.190. The molecule has 0 spiro atoms. The van der Waals surface area contributed by atoms with E-state index in [0.717, 1.165) is 12.8 Å². The topological polar surface area (TPSA) is 66.6 Å². The van der Waals surface area contributed by atoms with E-state index in [1.54, 1.807) is 6.07 Å². The SMILES string of the molecule is CN(C)C1CCCN(S(=O)(=O)c2ccc(CN)cc2F)C1. The van der Waals surface area contributed by atoms with E-state index in [1.165, 1.54) is 16.4 Å². The lowest BCUT2D eigenvalue weighted by atomic mass is 10.1. The normalized spacial score (nSPS) is 20.9. The van der Waals surface area contributed by atoms with E-state index < -0.39 is 15.8 Å². The molecule has 1 aliphatic heterocycles. The zero-order chi connectivity index (χ0) is 15.6. The molecule has 1 unspecified atom stereocenters. The second-order valence-electron chi connectivity index (χ2n) is 5.59. The molecule has 0 amide bonds. The highest BCUT2D eigenvalue weighted by molar-refractivity contribution is 7.89. The summed E-state index contributed by atoms with van der Waals surface area (Å²) in [5, 5.41) is 0. The molecule has 0 radical (unpaired) electrons. The number of hydrogen-bond acceptors (Lipinski definition) is 4. The first-order valence-electron chi connectivity index (χ1n) is 7.01. The van der Waals surface area contributed by atoms with Crippen molar-refractivity contribution in [2.45, 2.75) is 30.3 Å². The van der Waals surface area contributed by atoms with E-state index in [4.69, 9.17) is 5.73 Å². The first-order chi connectivity index (χ1) is 9.86. The van der Waals surface area contributed by atoms with Crippen LogP contribution in [-0.2, 0) is 16.6 Å². The molecule has 1 aliphatic rings. The minimum Gasteiger partial charge on any atom is -0.326 e. The van der Waals surface area contributed by atoms with E-state index in [-0.39, 0.29) is 17.5 Å². The third-order valence-electron chi connectivity index (χ3n) is 3.94. The van der Waals surface area contributed by atoms with Gasteiger partial charge in [0, 0.05) is 25.7 Å². The maximum atomic E-state index is 14.1. The van der Waals surface area contributed by atoms with Gasteiger partial charge in [-0.3, -0.25) is 0 Å². The second kappa shape index (κ2) is 6.39. The van der Waals surface area contributed by atoms with Crippen LogP contribution in [0.25, 0.3) is 0 Å². The summed E-state index contributed by atoms with van der Waals surface area (Å²) in [4.78, 5) is 1.74. The molecule has 21 heavy (non-hydrogen) atoms. The zero-order valence-electron chi connectivity index (χ0n) is 12.4. The Bertz CT molecular complexity index is 604. The third kappa shape index (κ3) is 3.42. The van der Waals surface area contributed by atoms with Crippen molar-refractivity contribution in [3.8, 4) is 0 Å². The molecule has 118 valence electrons. The fraction of sp³-hybridized carbons (Fsp3) is 0.571. The predicted molar refractivity (Wildman–Crippen MR) is 79.8 cm³/mol. The summed E-state index contributed by atoms with van der Waals surface area (Å²) < 4.78 is 40.7. The van der Waals surface area contributed by atoms with E-state index in [0.29, 0.717) is 18.7 Å². The summed E-state index contributed by atoms with van der Waals surface area (Å²) in [7, 11) is 0.0627. The molecule has 0 bridgehead atoms. The Morgan fingerprint density at radius 3 is 2.71 bits per heavy atom. The molecule has 2 N–H and O–H groups in total. The van der Waals surface area contributed by atoms with Crippen molar-refractivity contribution in [1.29, 1.82) is 0 Å². The number of benzene rings is 1. The molecule has 1 atom stereocenters. The summed E-state index contributed by atoms with van der Waals surface area (Å²) in [5.74, 6) is -0.732. The minimum absolute atomic E-state index is 0.167. The Balaban J connectivity index is 2.29. The Labute approximate surface area is 125 Å². The second-order valence-corrected chi connectivity index (χ2v) is 7.50. The summed E-state index contributed by atoms with van der Waals surface area (Å²) in [6, 6.07) is 4.23. The lowest BCUT2D eigenvalue weighted by Crippen LogP contribution is -2.47. The number of likely N-dealkylation sites (N-methyl/N-ethyl adjacent to an activating group) is 1. The smallest absolute Gasteiger partial charge is 0.246 e. The van der Waals surface area contributed by atoms with Crippen LogP contribution < -0.4 is 5.73 Å². The molecular formula is C14H22FN3O2S. The Kier molecular flexibility index (Phi) is 4.98. The van der Waals surface area contributed by atoms with Gasteiger partial charge in [-0.2, -0.15) is 4.31 Å². The van der Waals surface area contributed by atoms with Gasteiger partial charge < -0.3 is 10.6 Å². The summed E-state index contributed by atoms with van der Waals surface area (Å²) >= 11 is 0. The zero-order valence-corrected chi connectivity index (χ0v) is 13.2. The van der Waals surface area contributed by atoms with Crippen LogP contribution in [0.4, 0.5) is 4.39 Å². The van der Waals surface area contributed by atoms with Crippen LogP contribution in [0.1, 0.15) is 18.4 Å². The summed E-state index contributed by atoms with van der Waals surface area (Å²) in [5.41, 5.74) is 6.02. The number of piperidine rings is 1. The van der Waals surface area contributed by atoms with Gasteiger partial charge in [-0.25, -0.2) is 12.8 Å². The third-order valence-corrected chi connectivity index (χ3v) is 5.84. The van der Waals surface area contributed by atoms with Crippen molar-refractivity contribution in [3.63, 3.8) is 0 Å². The van der Waals surface area contributed by atoms with E-state index in [9.17, 15) is 12.8 Å². The molecule has 7 heteroatoms. The molecule has 1 saturated heterocycles. The van der Waals surface area contributed by atoms with Crippen molar-refractivity contribution in [3.05, 3.63) is 29.6 Å². The first-order valence-corrected chi connectivity index (χ1v) is 8.45. The van der Waals surface area contributed by atoms with Crippen LogP contribution in [0.3, 0.4) is 0 Å². The molecule has 5 nitrogen and oxygen atoms in total. The van der Waals surface area contributed by atoms with Crippen molar-refractivity contribution < 1.29 is 12.8 Å². The van der Waals surface area contributed by atoms with Crippen molar-refractivity contribution in [1.82, 2.24) is 9.21 Å². The van der Waals surface area contributed by atoms with Gasteiger partial charge in [0.2, 0.25) is 10.0 Å². The molecular weight excluding hydrogens is 293 g/mol. The van der Waals surface area contributed by atoms with Crippen LogP contribution in [0.15, 0.2) is 23.1 Å². The van der Waals surface area contributed by atoms with Crippen LogP contribution >= 0.6 is 0 Å². The van der Waals surface area contributed by atoms with Crippen molar-refractivity contribution in [2.75, 3.05) is 27.2 Å². The number of nitrogens with two attached hydrogens (primary N) is 1. The van der Waals surface area contributed by atoms with Gasteiger partial charge in [0.1, 0.15) is 10.7 Å². The highest BCUT2D eigenvalue weighted by Gasteiger charge is 2.32. The molecule has 1 aromatic carbocycles. The van der Waals surface area contributed by atoms with E-state index in [2.05, 4.69) is 0 Å². The molecule has 1 aromatic rings. The number of nitrogens with zero attached hydrogens (tertiary/aromatic N) is 2. The quantitative estimate of drug-likeness (QED) is 0.900. The van der Waals surface area contributed by atoms with Gasteiger partial charge in [-0.05, 0) is 44.6 Å². The Morgan fingerprint density at radius 2 is 2.14 bits per heavy atom. The first kappa shape index (κ1) is 16.4. The molecule has 0 saturated carbocycles. The predicted octanol–water partition coefficient (Wildman–Crippen LogP) is 0.999. The number of rotatable bonds is 4. The molecule has 0 aliphatic carbocycles. The average Bonchev–Trinajstić information content (AvgIpc) is 2.46. The van der Waals surface area contributed by atoms with Gasteiger partial charge in [0.25, 0.3) is 0 Å². The fourth-order valence-corrected chi connectivity index (χ4v) is 4.14. The Morgan fingerprint density at radius 1 is 1.43 bits per heavy atom. The maximum absolute atomic E-state index is 14.1.